The number of benzene rings is 2. The predicted octanol–water partition coefficient (Wildman–Crippen LogP) is 4.63. The van der Waals surface area contributed by atoms with Gasteiger partial charge in [0, 0.05) is 34.8 Å². The van der Waals surface area contributed by atoms with E-state index >= 15 is 0 Å². The molecule has 0 aliphatic heterocycles. The van der Waals surface area contributed by atoms with Crippen LogP contribution in [0.5, 0.6) is 5.75 Å². The van der Waals surface area contributed by atoms with Gasteiger partial charge in [-0.05, 0) is 48.4 Å². The van der Waals surface area contributed by atoms with E-state index in [9.17, 15) is 10.1 Å². The molecule has 2 aromatic carbocycles. The number of carbonyl (C=O) groups is 1. The number of aliphatic carboxylic acids is 1. The molecule has 0 saturated heterocycles. The van der Waals surface area contributed by atoms with Crippen LogP contribution in [0, 0.1) is 17.2 Å². The van der Waals surface area contributed by atoms with Gasteiger partial charge >= 0.3 is 5.97 Å². The number of aryl methyl sites for hydroxylation is 1. The second kappa shape index (κ2) is 8.71. The van der Waals surface area contributed by atoms with Gasteiger partial charge in [0.2, 0.25) is 5.82 Å². The third kappa shape index (κ3) is 4.39. The van der Waals surface area contributed by atoms with Crippen molar-refractivity contribution in [2.75, 3.05) is 6.61 Å². The number of carboxylic acid groups (broad SMARTS) is 1. The Morgan fingerprint density at radius 3 is 2.88 bits per heavy atom. The van der Waals surface area contributed by atoms with Crippen LogP contribution in [0.1, 0.15) is 30.5 Å². The fourth-order valence-corrected chi connectivity index (χ4v) is 3.71. The SMILES string of the molecule is N#Cc1cc(-c2nc(-c3cccc4c(CCC(=O)O)nccc34)no2)ccc1OCC1CC1. The van der Waals surface area contributed by atoms with Crippen LogP contribution in [0.4, 0.5) is 0 Å². The van der Waals surface area contributed by atoms with Gasteiger partial charge in [-0.15, -0.1) is 0 Å². The topological polar surface area (TPSA) is 122 Å². The largest absolute Gasteiger partial charge is 0.492 e. The van der Waals surface area contributed by atoms with Crippen LogP contribution in [0.15, 0.2) is 53.2 Å². The standard InChI is InChI=1S/C25H20N4O4/c26-13-17-12-16(6-8-22(17)32-14-15-4-5-15)25-28-24(29-33-25)20-3-1-2-19-18(20)10-11-27-21(19)7-9-23(30)31/h1-3,6,8,10-12,15H,4-5,7,9,14H2,(H,30,31). The predicted molar refractivity (Wildman–Crippen MR) is 119 cm³/mol. The van der Waals surface area contributed by atoms with E-state index in [0.29, 0.717) is 53.2 Å². The lowest BCUT2D eigenvalue weighted by Gasteiger charge is -2.07. The molecule has 1 N–H and O–H groups in total. The minimum absolute atomic E-state index is 0.00426. The number of nitrogens with zero attached hydrogens (tertiary/aromatic N) is 4. The van der Waals surface area contributed by atoms with Crippen molar-refractivity contribution in [3.05, 3.63) is 59.9 Å². The summed E-state index contributed by atoms with van der Waals surface area (Å²) >= 11 is 0. The van der Waals surface area contributed by atoms with Crippen LogP contribution >= 0.6 is 0 Å². The molecule has 4 aromatic rings. The first-order chi connectivity index (χ1) is 16.1. The smallest absolute Gasteiger partial charge is 0.303 e. The van der Waals surface area contributed by atoms with Crippen molar-refractivity contribution in [1.82, 2.24) is 15.1 Å². The second-order valence-electron chi connectivity index (χ2n) is 8.05. The van der Waals surface area contributed by atoms with Gasteiger partial charge in [0.15, 0.2) is 0 Å². The number of rotatable bonds is 8. The molecule has 0 spiro atoms. The lowest BCUT2D eigenvalue weighted by atomic mass is 10.0. The highest BCUT2D eigenvalue weighted by atomic mass is 16.5. The molecular weight excluding hydrogens is 420 g/mol. The van der Waals surface area contributed by atoms with E-state index in [1.165, 1.54) is 12.8 Å². The molecule has 8 heteroatoms. The van der Waals surface area contributed by atoms with Gasteiger partial charge in [-0.25, -0.2) is 0 Å². The molecule has 5 rings (SSSR count). The summed E-state index contributed by atoms with van der Waals surface area (Å²) in [6.45, 7) is 0.628. The van der Waals surface area contributed by atoms with E-state index in [2.05, 4.69) is 21.2 Å². The van der Waals surface area contributed by atoms with Gasteiger partial charge < -0.3 is 14.4 Å². The molecular formula is C25H20N4O4. The fraction of sp³-hybridized carbons (Fsp3) is 0.240. The molecule has 0 bridgehead atoms. The Balaban J connectivity index is 1.45. The number of ether oxygens (including phenoxy) is 1. The van der Waals surface area contributed by atoms with Gasteiger partial charge in [0.1, 0.15) is 11.8 Å². The first kappa shape index (κ1) is 20.6. The third-order valence-corrected chi connectivity index (χ3v) is 5.65. The number of pyridine rings is 1. The molecule has 1 fully saturated rings. The van der Waals surface area contributed by atoms with Gasteiger partial charge in [0.25, 0.3) is 5.89 Å². The summed E-state index contributed by atoms with van der Waals surface area (Å²) in [7, 11) is 0. The average Bonchev–Trinajstić information content (AvgIpc) is 3.54. The van der Waals surface area contributed by atoms with E-state index in [-0.39, 0.29) is 6.42 Å². The summed E-state index contributed by atoms with van der Waals surface area (Å²) in [5.74, 6) is 0.984. The van der Waals surface area contributed by atoms with Crippen molar-refractivity contribution in [3.63, 3.8) is 0 Å². The average molecular weight is 440 g/mol. The van der Waals surface area contributed by atoms with Crippen LogP contribution in [-0.4, -0.2) is 32.8 Å². The number of hydrogen-bond donors (Lipinski definition) is 1. The van der Waals surface area contributed by atoms with E-state index in [1.54, 1.807) is 24.4 Å². The van der Waals surface area contributed by atoms with Crippen LogP contribution in [0.3, 0.4) is 0 Å². The molecule has 8 nitrogen and oxygen atoms in total. The van der Waals surface area contributed by atoms with E-state index in [0.717, 1.165) is 16.3 Å². The quantitative estimate of drug-likeness (QED) is 0.421. The van der Waals surface area contributed by atoms with Crippen LogP contribution in [0.2, 0.25) is 0 Å². The van der Waals surface area contributed by atoms with Gasteiger partial charge in [-0.3, -0.25) is 9.78 Å². The zero-order valence-corrected chi connectivity index (χ0v) is 17.7. The van der Waals surface area contributed by atoms with Crippen LogP contribution in [0.25, 0.3) is 33.6 Å². The van der Waals surface area contributed by atoms with Crippen molar-refractivity contribution in [3.8, 4) is 34.7 Å². The molecule has 0 radical (unpaired) electrons. The molecule has 0 atom stereocenters. The Morgan fingerprint density at radius 1 is 1.21 bits per heavy atom. The summed E-state index contributed by atoms with van der Waals surface area (Å²) in [5, 5.41) is 24.4. The number of aromatic nitrogens is 3. The molecule has 33 heavy (non-hydrogen) atoms. The minimum atomic E-state index is -0.867. The molecule has 0 unspecified atom stereocenters. The van der Waals surface area contributed by atoms with E-state index < -0.39 is 5.97 Å². The maximum Gasteiger partial charge on any atom is 0.303 e. The Kier molecular flexibility index (Phi) is 5.45. The van der Waals surface area contributed by atoms with Crippen molar-refractivity contribution < 1.29 is 19.2 Å². The van der Waals surface area contributed by atoms with Gasteiger partial charge in [-0.2, -0.15) is 10.2 Å². The fourth-order valence-electron chi connectivity index (χ4n) is 3.71. The molecule has 164 valence electrons. The number of hydrogen-bond acceptors (Lipinski definition) is 7. The Labute approximate surface area is 189 Å². The summed E-state index contributed by atoms with van der Waals surface area (Å²) in [4.78, 5) is 19.9. The second-order valence-corrected chi connectivity index (χ2v) is 8.05. The highest BCUT2D eigenvalue weighted by Crippen LogP contribution is 2.33. The summed E-state index contributed by atoms with van der Waals surface area (Å²) in [6, 6.07) is 14.9. The normalized spacial score (nSPS) is 13.1. The Morgan fingerprint density at radius 2 is 2.09 bits per heavy atom. The number of nitriles is 1. The minimum Gasteiger partial charge on any atom is -0.492 e. The monoisotopic (exact) mass is 440 g/mol. The lowest BCUT2D eigenvalue weighted by Crippen LogP contribution is -2.00. The molecule has 1 aliphatic rings. The molecule has 0 amide bonds. The van der Waals surface area contributed by atoms with Gasteiger partial charge in [0.05, 0.1) is 18.6 Å². The summed E-state index contributed by atoms with van der Waals surface area (Å²) < 4.78 is 11.3. The van der Waals surface area contributed by atoms with Crippen molar-refractivity contribution >= 4 is 16.7 Å². The molecule has 2 aromatic heterocycles. The molecule has 2 heterocycles. The zero-order chi connectivity index (χ0) is 22.8. The zero-order valence-electron chi connectivity index (χ0n) is 17.7. The van der Waals surface area contributed by atoms with Crippen LogP contribution in [-0.2, 0) is 11.2 Å². The first-order valence-corrected chi connectivity index (χ1v) is 10.7. The van der Waals surface area contributed by atoms with E-state index in [1.807, 2.05) is 24.3 Å². The molecule has 1 saturated carbocycles. The summed E-state index contributed by atoms with van der Waals surface area (Å²) in [5.41, 5.74) is 2.52. The van der Waals surface area contributed by atoms with Crippen molar-refractivity contribution in [2.24, 2.45) is 5.92 Å². The number of fused-ring (bicyclic) bond motifs is 1. The van der Waals surface area contributed by atoms with E-state index in [4.69, 9.17) is 14.4 Å². The maximum atomic E-state index is 11.0. The van der Waals surface area contributed by atoms with Crippen molar-refractivity contribution in [2.45, 2.75) is 25.7 Å². The Bertz CT molecular complexity index is 1380. The number of carboxylic acids is 1. The molecule has 1 aliphatic carbocycles. The lowest BCUT2D eigenvalue weighted by molar-refractivity contribution is -0.136. The Hall–Kier alpha value is -4.25. The maximum absolute atomic E-state index is 11.0. The highest BCUT2D eigenvalue weighted by Gasteiger charge is 2.23. The highest BCUT2D eigenvalue weighted by molar-refractivity contribution is 5.96. The van der Waals surface area contributed by atoms with Gasteiger partial charge in [-0.1, -0.05) is 23.4 Å². The third-order valence-electron chi connectivity index (χ3n) is 5.65. The van der Waals surface area contributed by atoms with Crippen molar-refractivity contribution in [1.29, 1.82) is 5.26 Å². The van der Waals surface area contributed by atoms with Crippen LogP contribution < -0.4 is 4.74 Å². The first-order valence-electron chi connectivity index (χ1n) is 10.7. The summed E-state index contributed by atoms with van der Waals surface area (Å²) in [6.07, 6.45) is 4.35.